The maximum absolute atomic E-state index is 13.6. The molecule has 3 atom stereocenters. The lowest BCUT2D eigenvalue weighted by Crippen LogP contribution is -2.59. The Labute approximate surface area is 319 Å². The van der Waals surface area contributed by atoms with E-state index in [0.717, 1.165) is 17.1 Å². The van der Waals surface area contributed by atoms with Gasteiger partial charge in [-0.1, -0.05) is 46.2 Å². The molecule has 8 amide bonds. The average molecular weight is 794 g/mol. The summed E-state index contributed by atoms with van der Waals surface area (Å²) >= 11 is 0. The van der Waals surface area contributed by atoms with Crippen molar-refractivity contribution in [3.05, 3.63) is 42.0 Å². The Balaban J connectivity index is 2.09. The number of urea groups is 1. The number of unbranched alkanes of at least 4 members (excludes halogenated alkanes) is 2. The Kier molecular flexibility index (Phi) is 18.4. The molecule has 55 heavy (non-hydrogen) atoms. The van der Waals surface area contributed by atoms with Crippen molar-refractivity contribution in [1.29, 1.82) is 0 Å². The number of benzene rings is 1. The van der Waals surface area contributed by atoms with Crippen LogP contribution >= 0.6 is 0 Å². The third-order valence-corrected chi connectivity index (χ3v) is 8.89. The van der Waals surface area contributed by atoms with Gasteiger partial charge in [-0.15, -0.1) is 0 Å². The topological polar surface area (TPSA) is 290 Å². The molecule has 0 radical (unpaired) electrons. The first-order chi connectivity index (χ1) is 25.8. The fraction of sp³-hybridized carbons (Fsp3) is 0.543. The third kappa shape index (κ3) is 17.1. The highest BCUT2D eigenvalue weighted by molar-refractivity contribution is 7.85. The van der Waals surface area contributed by atoms with Gasteiger partial charge in [-0.05, 0) is 49.3 Å². The molecule has 1 aliphatic rings. The van der Waals surface area contributed by atoms with E-state index in [4.69, 9.17) is 10.5 Å². The molecule has 1 aromatic rings. The van der Waals surface area contributed by atoms with E-state index in [9.17, 15) is 51.3 Å². The van der Waals surface area contributed by atoms with E-state index in [1.807, 2.05) is 0 Å². The van der Waals surface area contributed by atoms with Crippen molar-refractivity contribution in [1.82, 2.24) is 26.2 Å². The lowest BCUT2D eigenvalue weighted by atomic mass is 10.0. The third-order valence-electron chi connectivity index (χ3n) is 8.14. The van der Waals surface area contributed by atoms with E-state index in [1.54, 1.807) is 52.0 Å². The molecule has 19 nitrogen and oxygen atoms in total. The van der Waals surface area contributed by atoms with Crippen molar-refractivity contribution >= 4 is 63.2 Å². The highest BCUT2D eigenvalue weighted by Crippen LogP contribution is 2.14. The van der Waals surface area contributed by atoms with Crippen molar-refractivity contribution in [3.63, 3.8) is 0 Å². The first-order valence-electron chi connectivity index (χ1n) is 17.8. The van der Waals surface area contributed by atoms with Crippen LogP contribution in [0.1, 0.15) is 71.8 Å². The van der Waals surface area contributed by atoms with Gasteiger partial charge in [0.05, 0.1) is 5.92 Å². The van der Waals surface area contributed by atoms with E-state index in [2.05, 4.69) is 26.6 Å². The summed E-state index contributed by atoms with van der Waals surface area (Å²) in [5.74, 6) is -6.64. The van der Waals surface area contributed by atoms with Crippen LogP contribution in [0, 0.1) is 11.8 Å². The number of carbonyl (C=O) groups excluding carboxylic acids is 8. The Morgan fingerprint density at radius 3 is 2.02 bits per heavy atom. The number of esters is 1. The second-order valence-corrected chi connectivity index (χ2v) is 15.0. The van der Waals surface area contributed by atoms with E-state index >= 15 is 0 Å². The molecule has 1 heterocycles. The molecule has 0 saturated carbocycles. The SMILES string of the molecule is CC(C)C(=O)OCc1ccc(NC(=O)[C@H](CCCNC(N)=O)NC(=O)C(NC(=O)[C@H](CS(=O)(=O)O)NC(=O)CCCCCN2C(=O)C=CC2=O)C(C)C)cc1. The summed E-state index contributed by atoms with van der Waals surface area (Å²) in [7, 11) is -4.80. The second-order valence-electron chi connectivity index (χ2n) is 13.5. The number of nitrogens with one attached hydrogen (secondary N) is 5. The molecule has 0 aromatic heterocycles. The predicted octanol–water partition coefficient (Wildman–Crippen LogP) is 0.256. The molecule has 0 bridgehead atoms. The minimum absolute atomic E-state index is 0.0167. The number of nitrogens with zero attached hydrogens (tertiary/aromatic N) is 1. The molecular weight excluding hydrogens is 742 g/mol. The largest absolute Gasteiger partial charge is 0.461 e. The fourth-order valence-electron chi connectivity index (χ4n) is 5.12. The number of hydrogen-bond acceptors (Lipinski definition) is 11. The zero-order chi connectivity index (χ0) is 41.3. The average Bonchev–Trinajstić information content (AvgIpc) is 3.42. The first kappa shape index (κ1) is 45.8. The van der Waals surface area contributed by atoms with E-state index in [1.165, 1.54) is 0 Å². The first-order valence-corrected chi connectivity index (χ1v) is 19.4. The lowest BCUT2D eigenvalue weighted by Gasteiger charge is -2.27. The van der Waals surface area contributed by atoms with Crippen LogP contribution < -0.4 is 32.3 Å². The summed E-state index contributed by atoms with van der Waals surface area (Å²) in [4.78, 5) is 100. The van der Waals surface area contributed by atoms with Gasteiger partial charge in [-0.25, -0.2) is 4.79 Å². The number of carbonyl (C=O) groups is 8. The van der Waals surface area contributed by atoms with Gasteiger partial charge in [-0.2, -0.15) is 8.42 Å². The van der Waals surface area contributed by atoms with E-state index in [0.29, 0.717) is 24.1 Å². The van der Waals surface area contributed by atoms with Gasteiger partial charge in [0, 0.05) is 37.3 Å². The summed E-state index contributed by atoms with van der Waals surface area (Å²) in [6.45, 7) is 6.82. The smallest absolute Gasteiger partial charge is 0.312 e. The van der Waals surface area contributed by atoms with Gasteiger partial charge in [-0.3, -0.25) is 43.0 Å². The summed E-state index contributed by atoms with van der Waals surface area (Å²) < 4.78 is 38.3. The van der Waals surface area contributed by atoms with E-state index in [-0.39, 0.29) is 57.3 Å². The molecule has 8 N–H and O–H groups in total. The molecule has 1 aromatic carbocycles. The van der Waals surface area contributed by atoms with Gasteiger partial charge in [0.1, 0.15) is 30.5 Å². The summed E-state index contributed by atoms with van der Waals surface area (Å²) in [5, 5.41) is 12.3. The standard InChI is InChI=1S/C35H51N7O12S/c1-21(2)30(41-32(47)26(20-55(51,52)53)39-27(43)10-6-5-7-18-42-28(44)15-16-29(42)45)33(48)40-25(9-8-17-37-35(36)50)31(46)38-24-13-11-23(12-14-24)19-54-34(49)22(3)4/h11-16,21-22,25-26,30H,5-10,17-20H2,1-4H3,(H,38,46)(H,39,43)(H,40,48)(H,41,47)(H3,36,37,50)(H,51,52,53)/t25-,26-,30?/m0/s1. The van der Waals surface area contributed by atoms with Crippen molar-refractivity contribution in [2.75, 3.05) is 24.2 Å². The number of anilines is 1. The Morgan fingerprint density at radius 2 is 1.45 bits per heavy atom. The molecule has 1 aliphatic heterocycles. The number of hydrogen-bond donors (Lipinski definition) is 7. The van der Waals surface area contributed by atoms with Gasteiger partial charge >= 0.3 is 12.0 Å². The maximum atomic E-state index is 13.6. The highest BCUT2D eigenvalue weighted by atomic mass is 32.2. The fourth-order valence-corrected chi connectivity index (χ4v) is 5.77. The second kappa shape index (κ2) is 22.1. The normalized spacial score (nSPS) is 14.3. The van der Waals surface area contributed by atoms with Gasteiger partial charge in [0.15, 0.2) is 0 Å². The van der Waals surface area contributed by atoms with Crippen LogP contribution in [-0.4, -0.2) is 102 Å². The van der Waals surface area contributed by atoms with Crippen LogP contribution in [0.4, 0.5) is 10.5 Å². The van der Waals surface area contributed by atoms with E-state index < -0.39 is 81.4 Å². The summed E-state index contributed by atoms with van der Waals surface area (Å²) in [5.41, 5.74) is 6.14. The van der Waals surface area contributed by atoms with Crippen molar-refractivity contribution in [2.45, 2.75) is 91.0 Å². The molecule has 20 heteroatoms. The molecule has 1 unspecified atom stereocenters. The highest BCUT2D eigenvalue weighted by Gasteiger charge is 2.33. The van der Waals surface area contributed by atoms with Crippen molar-refractivity contribution in [2.24, 2.45) is 17.6 Å². The van der Waals surface area contributed by atoms with Crippen LogP contribution in [0.5, 0.6) is 0 Å². The zero-order valence-corrected chi connectivity index (χ0v) is 32.1. The Bertz CT molecular complexity index is 1680. The minimum Gasteiger partial charge on any atom is -0.461 e. The number of ether oxygens (including phenoxy) is 1. The predicted molar refractivity (Wildman–Crippen MR) is 198 cm³/mol. The lowest BCUT2D eigenvalue weighted by molar-refractivity contribution is -0.148. The molecule has 0 aliphatic carbocycles. The number of imide groups is 1. The van der Waals surface area contributed by atoms with Crippen LogP contribution in [0.3, 0.4) is 0 Å². The molecule has 0 fully saturated rings. The molecular formula is C35H51N7O12S. The molecule has 2 rings (SSSR count). The summed E-state index contributed by atoms with van der Waals surface area (Å²) in [6, 6.07) is 1.30. The van der Waals surface area contributed by atoms with Crippen molar-refractivity contribution < 1.29 is 56.1 Å². The monoisotopic (exact) mass is 793 g/mol. The van der Waals surface area contributed by atoms with Gasteiger partial charge in [0.2, 0.25) is 23.6 Å². The number of rotatable bonds is 23. The molecule has 304 valence electrons. The minimum atomic E-state index is -4.80. The van der Waals surface area contributed by atoms with Crippen LogP contribution in [-0.2, 0) is 55.0 Å². The van der Waals surface area contributed by atoms with Crippen molar-refractivity contribution in [3.8, 4) is 0 Å². The number of amides is 8. The zero-order valence-electron chi connectivity index (χ0n) is 31.3. The van der Waals surface area contributed by atoms with Gasteiger partial charge < -0.3 is 37.1 Å². The molecule has 0 saturated heterocycles. The van der Waals surface area contributed by atoms with Crippen LogP contribution in [0.15, 0.2) is 36.4 Å². The molecule has 0 spiro atoms. The Hall–Kier alpha value is -5.37. The number of nitrogens with two attached hydrogens (primary N) is 1. The van der Waals surface area contributed by atoms with Crippen LogP contribution in [0.25, 0.3) is 0 Å². The number of primary amides is 1. The summed E-state index contributed by atoms with van der Waals surface area (Å²) in [6.07, 6.45) is 3.47. The van der Waals surface area contributed by atoms with Crippen LogP contribution in [0.2, 0.25) is 0 Å². The quantitative estimate of drug-likeness (QED) is 0.0340. The Morgan fingerprint density at radius 1 is 0.818 bits per heavy atom. The maximum Gasteiger partial charge on any atom is 0.312 e. The van der Waals surface area contributed by atoms with Gasteiger partial charge in [0.25, 0.3) is 21.9 Å².